The fourth-order valence-corrected chi connectivity index (χ4v) is 2.35. The topological polar surface area (TPSA) is 40.2 Å². The van der Waals surface area contributed by atoms with Crippen LogP contribution in [0, 0.1) is 17.9 Å². The Morgan fingerprint density at radius 1 is 1.47 bits per heavy atom. The maximum Gasteiger partial charge on any atom is 0.290 e. The molecule has 0 radical (unpaired) electrons. The highest BCUT2D eigenvalue weighted by Gasteiger charge is 2.15. The Bertz CT molecular complexity index is 300. The van der Waals surface area contributed by atoms with Gasteiger partial charge in [0.25, 0.3) is 5.70 Å². The third-order valence-corrected chi connectivity index (χ3v) is 3.30. The molecule has 80 valence electrons. The van der Waals surface area contributed by atoms with Gasteiger partial charge in [-0.1, -0.05) is 19.3 Å². The first kappa shape index (κ1) is 11.9. The molecule has 0 bridgehead atoms. The molecule has 3 nitrogen and oxygen atoms in total. The summed E-state index contributed by atoms with van der Waals surface area (Å²) < 4.78 is 0. The van der Waals surface area contributed by atoms with Crippen molar-refractivity contribution in [2.45, 2.75) is 38.1 Å². The van der Waals surface area contributed by atoms with Crippen molar-refractivity contribution in [3.63, 3.8) is 0 Å². The van der Waals surface area contributed by atoms with E-state index in [9.17, 15) is 0 Å². The van der Waals surface area contributed by atoms with E-state index in [1.54, 1.807) is 0 Å². The molecule has 0 saturated heterocycles. The Morgan fingerprint density at radius 2 is 2.13 bits per heavy atom. The van der Waals surface area contributed by atoms with Crippen LogP contribution in [0.5, 0.6) is 0 Å². The fraction of sp³-hybridized carbons (Fsp3) is 0.636. The molecule has 0 amide bonds. The lowest BCUT2D eigenvalue weighted by Gasteiger charge is -2.24. The van der Waals surface area contributed by atoms with Gasteiger partial charge >= 0.3 is 0 Å². The molecular formula is C11H15N3S. The van der Waals surface area contributed by atoms with Crippen molar-refractivity contribution in [1.82, 2.24) is 5.32 Å². The summed E-state index contributed by atoms with van der Waals surface area (Å²) in [7, 11) is 0. The van der Waals surface area contributed by atoms with Crippen molar-refractivity contribution >= 4 is 11.8 Å². The van der Waals surface area contributed by atoms with Crippen LogP contribution in [0.25, 0.3) is 4.85 Å². The summed E-state index contributed by atoms with van der Waals surface area (Å²) in [6, 6.07) is 2.38. The second-order valence-electron chi connectivity index (χ2n) is 3.58. The summed E-state index contributed by atoms with van der Waals surface area (Å²) >= 11 is 1.45. The number of allylic oxidation sites excluding steroid dienone is 1. The second kappa shape index (κ2) is 6.37. The van der Waals surface area contributed by atoms with E-state index < -0.39 is 0 Å². The largest absolute Gasteiger partial charge is 0.385 e. The van der Waals surface area contributed by atoms with Crippen LogP contribution in [0.4, 0.5) is 0 Å². The molecule has 1 rings (SSSR count). The first-order valence-electron chi connectivity index (χ1n) is 5.14. The predicted molar refractivity (Wildman–Crippen MR) is 62.8 cm³/mol. The summed E-state index contributed by atoms with van der Waals surface area (Å²) in [5.74, 6) is 0. The Hall–Kier alpha value is -1.13. The highest BCUT2D eigenvalue weighted by Crippen LogP contribution is 2.22. The Morgan fingerprint density at radius 3 is 2.60 bits per heavy atom. The van der Waals surface area contributed by atoms with Gasteiger partial charge in [-0.2, -0.15) is 0 Å². The molecule has 0 spiro atoms. The SMILES string of the molecule is [C-]#[N+]/C(C#N)=C(\NC1CCCCC1)SC. The van der Waals surface area contributed by atoms with Gasteiger partial charge in [-0.25, -0.2) is 10.1 Å². The van der Waals surface area contributed by atoms with E-state index >= 15 is 0 Å². The molecule has 1 saturated carbocycles. The van der Waals surface area contributed by atoms with E-state index in [0.717, 1.165) is 17.9 Å². The second-order valence-corrected chi connectivity index (χ2v) is 4.40. The molecule has 0 unspecified atom stereocenters. The lowest BCUT2D eigenvalue weighted by atomic mass is 9.96. The monoisotopic (exact) mass is 221 g/mol. The average Bonchev–Trinajstić information content (AvgIpc) is 2.30. The van der Waals surface area contributed by atoms with E-state index in [-0.39, 0.29) is 5.70 Å². The van der Waals surface area contributed by atoms with Gasteiger partial charge in [0.2, 0.25) is 0 Å². The molecular weight excluding hydrogens is 206 g/mol. The van der Waals surface area contributed by atoms with Crippen LogP contribution >= 0.6 is 11.8 Å². The summed E-state index contributed by atoms with van der Waals surface area (Å²) in [6.07, 6.45) is 8.01. The molecule has 1 aliphatic rings. The maximum atomic E-state index is 8.78. The minimum Gasteiger partial charge on any atom is -0.385 e. The summed E-state index contributed by atoms with van der Waals surface area (Å²) in [5, 5.41) is 12.8. The minimum atomic E-state index is 0.188. The Kier molecular flexibility index (Phi) is 5.07. The van der Waals surface area contributed by atoms with Crippen molar-refractivity contribution in [1.29, 1.82) is 5.26 Å². The van der Waals surface area contributed by atoms with Gasteiger partial charge in [0.15, 0.2) is 0 Å². The minimum absolute atomic E-state index is 0.188. The van der Waals surface area contributed by atoms with Gasteiger partial charge in [0, 0.05) is 6.04 Å². The number of nitriles is 1. The predicted octanol–water partition coefficient (Wildman–Crippen LogP) is 2.88. The standard InChI is InChI=1S/C11H15N3S/c1-13-10(8-12)11(15-2)14-9-6-4-3-5-7-9/h9,14H,3-7H2,2H3/b11-10+. The zero-order chi connectivity index (χ0) is 11.1. The molecule has 0 aromatic carbocycles. The van der Waals surface area contributed by atoms with Crippen LogP contribution in [0.1, 0.15) is 32.1 Å². The number of nitrogens with one attached hydrogen (secondary N) is 1. The first-order valence-corrected chi connectivity index (χ1v) is 6.36. The molecule has 0 heterocycles. The summed E-state index contributed by atoms with van der Waals surface area (Å²) in [4.78, 5) is 3.23. The normalized spacial score (nSPS) is 18.6. The number of rotatable bonds is 3. The number of hydrogen-bond acceptors (Lipinski definition) is 3. The Labute approximate surface area is 95.4 Å². The molecule has 1 aliphatic carbocycles. The number of hydrogen-bond donors (Lipinski definition) is 1. The van der Waals surface area contributed by atoms with E-state index in [4.69, 9.17) is 11.8 Å². The molecule has 0 aliphatic heterocycles. The quantitative estimate of drug-likeness (QED) is 0.588. The highest BCUT2D eigenvalue weighted by atomic mass is 32.2. The molecule has 1 fully saturated rings. The third-order valence-electron chi connectivity index (χ3n) is 2.58. The Balaban J connectivity index is 2.65. The fourth-order valence-electron chi connectivity index (χ4n) is 1.78. The molecule has 1 N–H and O–H groups in total. The van der Waals surface area contributed by atoms with Gasteiger partial charge < -0.3 is 5.32 Å². The number of nitrogens with zero attached hydrogens (tertiary/aromatic N) is 2. The lowest BCUT2D eigenvalue weighted by Crippen LogP contribution is -2.29. The van der Waals surface area contributed by atoms with E-state index in [0.29, 0.717) is 6.04 Å². The van der Waals surface area contributed by atoms with Crippen LogP contribution in [-0.2, 0) is 0 Å². The van der Waals surface area contributed by atoms with Crippen molar-refractivity contribution < 1.29 is 0 Å². The van der Waals surface area contributed by atoms with Crippen LogP contribution in [0.2, 0.25) is 0 Å². The van der Waals surface area contributed by atoms with Crippen molar-refractivity contribution in [3.8, 4) is 6.07 Å². The molecule has 0 atom stereocenters. The molecule has 0 aromatic heterocycles. The van der Waals surface area contributed by atoms with E-state index in [2.05, 4.69) is 10.2 Å². The highest BCUT2D eigenvalue weighted by molar-refractivity contribution is 8.02. The van der Waals surface area contributed by atoms with Crippen LogP contribution in [-0.4, -0.2) is 12.3 Å². The average molecular weight is 221 g/mol. The molecule has 0 aromatic rings. The van der Waals surface area contributed by atoms with Crippen LogP contribution in [0.3, 0.4) is 0 Å². The van der Waals surface area contributed by atoms with E-state index in [1.807, 2.05) is 12.3 Å². The number of thioether (sulfide) groups is 1. The zero-order valence-corrected chi connectivity index (χ0v) is 9.73. The first-order chi connectivity index (χ1) is 7.31. The van der Waals surface area contributed by atoms with Gasteiger partial charge in [-0.05, 0) is 19.1 Å². The van der Waals surface area contributed by atoms with E-state index in [1.165, 1.54) is 31.0 Å². The van der Waals surface area contributed by atoms with Crippen LogP contribution in [0.15, 0.2) is 10.7 Å². The van der Waals surface area contributed by atoms with Crippen molar-refractivity contribution in [2.75, 3.05) is 6.26 Å². The summed E-state index contributed by atoms with van der Waals surface area (Å²) in [6.45, 7) is 6.90. The zero-order valence-electron chi connectivity index (χ0n) is 8.92. The summed E-state index contributed by atoms with van der Waals surface area (Å²) in [5.41, 5.74) is 0.188. The van der Waals surface area contributed by atoms with Gasteiger partial charge in [0.05, 0.1) is 17.7 Å². The van der Waals surface area contributed by atoms with Gasteiger partial charge in [-0.3, -0.25) is 0 Å². The molecule has 15 heavy (non-hydrogen) atoms. The third kappa shape index (κ3) is 3.49. The lowest BCUT2D eigenvalue weighted by molar-refractivity contribution is 0.402. The smallest absolute Gasteiger partial charge is 0.290 e. The van der Waals surface area contributed by atoms with Crippen LogP contribution < -0.4 is 5.32 Å². The van der Waals surface area contributed by atoms with Crippen molar-refractivity contribution in [2.24, 2.45) is 0 Å². The van der Waals surface area contributed by atoms with Gasteiger partial charge in [-0.15, -0.1) is 11.8 Å². The van der Waals surface area contributed by atoms with Crippen molar-refractivity contribution in [3.05, 3.63) is 22.1 Å². The van der Waals surface area contributed by atoms with Gasteiger partial charge in [0.1, 0.15) is 0 Å². The molecule has 4 heteroatoms. The maximum absolute atomic E-state index is 8.78.